The van der Waals surface area contributed by atoms with Gasteiger partial charge in [0.15, 0.2) is 11.9 Å². The van der Waals surface area contributed by atoms with Crippen molar-refractivity contribution >= 4 is 5.95 Å². The van der Waals surface area contributed by atoms with Crippen LogP contribution >= 0.6 is 0 Å². The van der Waals surface area contributed by atoms with Gasteiger partial charge in [0.05, 0.1) is 23.7 Å². The Balaban J connectivity index is 1.47. The zero-order valence-electron chi connectivity index (χ0n) is 27.6. The van der Waals surface area contributed by atoms with E-state index in [1.54, 1.807) is 0 Å². The smallest absolute Gasteiger partial charge is 0.416 e. The number of aromatic hydroxyl groups is 1. The third-order valence-electron chi connectivity index (χ3n) is 10.7. The number of anilines is 1. The van der Waals surface area contributed by atoms with Crippen molar-refractivity contribution in [3.8, 4) is 5.75 Å². The lowest BCUT2D eigenvalue weighted by Crippen LogP contribution is -2.36. The number of nitrogens with zero attached hydrogens (tertiary/aromatic N) is 4. The normalized spacial score (nSPS) is 22.8. The van der Waals surface area contributed by atoms with Crippen molar-refractivity contribution in [3.05, 3.63) is 75.9 Å². The van der Waals surface area contributed by atoms with E-state index in [-0.39, 0.29) is 39.9 Å². The van der Waals surface area contributed by atoms with Gasteiger partial charge in [-0.1, -0.05) is 46.8 Å². The molecule has 2 fully saturated rings. The van der Waals surface area contributed by atoms with Crippen LogP contribution in [-0.2, 0) is 12.6 Å². The van der Waals surface area contributed by atoms with Crippen molar-refractivity contribution < 1.29 is 22.7 Å². The molecule has 9 heteroatoms. The molecule has 2 atom stereocenters. The fraction of sp³-hybridized carbons (Fsp3) is 0.595. The number of alkyl halides is 4. The SMILES string of the molecule is CC1CC(C)(C)Cc2nc(C3CCN(c4ncc(O)cn4)CC3)c(C(F)c3ccc(C(F)(F)F)cc3)c(C3CCC(C)(C)CC3)c21. The zero-order valence-corrected chi connectivity index (χ0v) is 27.6. The highest BCUT2D eigenvalue weighted by molar-refractivity contribution is 5.52. The van der Waals surface area contributed by atoms with Crippen LogP contribution in [0.1, 0.15) is 143 Å². The Morgan fingerprint density at radius 1 is 0.870 bits per heavy atom. The van der Waals surface area contributed by atoms with Gasteiger partial charge >= 0.3 is 6.18 Å². The van der Waals surface area contributed by atoms with Crippen molar-refractivity contribution in [1.29, 1.82) is 0 Å². The summed E-state index contributed by atoms with van der Waals surface area (Å²) in [5.74, 6) is 0.928. The number of aromatic nitrogens is 3. The van der Waals surface area contributed by atoms with Gasteiger partial charge in [0.2, 0.25) is 5.95 Å². The van der Waals surface area contributed by atoms with Crippen LogP contribution < -0.4 is 4.90 Å². The van der Waals surface area contributed by atoms with Crippen LogP contribution in [0.3, 0.4) is 0 Å². The van der Waals surface area contributed by atoms with Gasteiger partial charge in [0.1, 0.15) is 0 Å². The first-order chi connectivity index (χ1) is 21.6. The summed E-state index contributed by atoms with van der Waals surface area (Å²) in [6, 6.07) is 4.61. The maximum atomic E-state index is 17.3. The van der Waals surface area contributed by atoms with Crippen molar-refractivity contribution in [2.75, 3.05) is 18.0 Å². The van der Waals surface area contributed by atoms with Crippen LogP contribution in [0, 0.1) is 10.8 Å². The minimum absolute atomic E-state index is 0.00886. The molecule has 2 aliphatic carbocycles. The molecule has 1 aliphatic heterocycles. The van der Waals surface area contributed by atoms with Crippen LogP contribution in [0.2, 0.25) is 0 Å². The summed E-state index contributed by atoms with van der Waals surface area (Å²) in [5.41, 5.74) is 4.50. The van der Waals surface area contributed by atoms with Crippen LogP contribution in [0.4, 0.5) is 23.5 Å². The average Bonchev–Trinajstić information content (AvgIpc) is 2.99. The third kappa shape index (κ3) is 6.61. The molecular formula is C37H46F4N4O. The number of pyridine rings is 1. The lowest BCUT2D eigenvalue weighted by molar-refractivity contribution is -0.137. The molecule has 0 spiro atoms. The fourth-order valence-corrected chi connectivity index (χ4v) is 8.39. The molecular weight excluding hydrogens is 592 g/mol. The summed E-state index contributed by atoms with van der Waals surface area (Å²) in [5, 5.41) is 9.65. The average molecular weight is 639 g/mol. The number of halogens is 4. The lowest BCUT2D eigenvalue weighted by Gasteiger charge is -2.42. The van der Waals surface area contributed by atoms with E-state index in [4.69, 9.17) is 4.98 Å². The van der Waals surface area contributed by atoms with Gasteiger partial charge in [-0.3, -0.25) is 4.98 Å². The highest BCUT2D eigenvalue weighted by atomic mass is 19.4. The zero-order chi connectivity index (χ0) is 33.0. The van der Waals surface area contributed by atoms with Crippen molar-refractivity contribution in [2.45, 2.75) is 116 Å². The Bertz CT molecular complexity index is 1530. The monoisotopic (exact) mass is 638 g/mol. The lowest BCUT2D eigenvalue weighted by atomic mass is 9.64. The molecule has 6 rings (SSSR count). The molecule has 46 heavy (non-hydrogen) atoms. The number of rotatable bonds is 5. The van der Waals surface area contributed by atoms with Crippen LogP contribution in [0.15, 0.2) is 36.7 Å². The minimum Gasteiger partial charge on any atom is -0.505 e. The van der Waals surface area contributed by atoms with E-state index in [9.17, 15) is 18.3 Å². The molecule has 3 heterocycles. The molecule has 2 aromatic heterocycles. The van der Waals surface area contributed by atoms with E-state index in [1.165, 1.54) is 30.1 Å². The van der Waals surface area contributed by atoms with Crippen molar-refractivity contribution in [2.24, 2.45) is 10.8 Å². The first kappa shape index (κ1) is 32.7. The summed E-state index contributed by atoms with van der Waals surface area (Å²) in [4.78, 5) is 16.0. The highest BCUT2D eigenvalue weighted by Crippen LogP contribution is 2.53. The third-order valence-corrected chi connectivity index (χ3v) is 10.7. The van der Waals surface area contributed by atoms with E-state index in [1.807, 2.05) is 0 Å². The van der Waals surface area contributed by atoms with E-state index in [2.05, 4.69) is 49.5 Å². The second-order valence-electron chi connectivity index (χ2n) is 15.6. The molecule has 2 unspecified atom stereocenters. The molecule has 1 saturated heterocycles. The van der Waals surface area contributed by atoms with Gasteiger partial charge in [-0.15, -0.1) is 0 Å². The molecule has 3 aliphatic rings. The summed E-state index contributed by atoms with van der Waals surface area (Å²) in [7, 11) is 0. The number of fused-ring (bicyclic) bond motifs is 1. The summed E-state index contributed by atoms with van der Waals surface area (Å²) in [6.45, 7) is 12.7. The van der Waals surface area contributed by atoms with Crippen molar-refractivity contribution in [1.82, 2.24) is 15.0 Å². The second-order valence-corrected chi connectivity index (χ2v) is 15.6. The molecule has 5 nitrogen and oxygen atoms in total. The topological polar surface area (TPSA) is 62.1 Å². The van der Waals surface area contributed by atoms with Gasteiger partial charge in [-0.05, 0) is 103 Å². The molecule has 1 saturated carbocycles. The molecule has 0 radical (unpaired) electrons. The number of hydrogen-bond acceptors (Lipinski definition) is 5. The number of benzene rings is 1. The van der Waals surface area contributed by atoms with Gasteiger partial charge < -0.3 is 10.0 Å². The van der Waals surface area contributed by atoms with Gasteiger partial charge in [0, 0.05) is 30.3 Å². The first-order valence-electron chi connectivity index (χ1n) is 16.8. The predicted molar refractivity (Wildman–Crippen MR) is 172 cm³/mol. The first-order valence-corrected chi connectivity index (χ1v) is 16.8. The largest absolute Gasteiger partial charge is 0.505 e. The maximum absolute atomic E-state index is 17.3. The quantitative estimate of drug-likeness (QED) is 0.282. The minimum atomic E-state index is -4.49. The standard InChI is InChI=1S/C37H46F4N4O/c1-22-18-36(4,5)19-28-29(22)30(23-10-14-35(2,3)15-11-23)31(32(38)24-6-8-26(9-7-24)37(39,40)41)33(44-28)25-12-16-45(17-13-25)34-42-20-27(46)21-43-34/h6-9,20-23,25,32,46H,10-19H2,1-5H3. The molecule has 1 N–H and O–H groups in total. The van der Waals surface area contributed by atoms with Gasteiger partial charge in [0.25, 0.3) is 0 Å². The number of hydrogen-bond donors (Lipinski definition) is 1. The van der Waals surface area contributed by atoms with Gasteiger partial charge in [-0.25, -0.2) is 14.4 Å². The predicted octanol–water partition coefficient (Wildman–Crippen LogP) is 9.80. The van der Waals surface area contributed by atoms with E-state index >= 15 is 4.39 Å². The van der Waals surface area contributed by atoms with E-state index in [0.29, 0.717) is 24.6 Å². The summed E-state index contributed by atoms with van der Waals surface area (Å²) >= 11 is 0. The Morgan fingerprint density at radius 3 is 2.07 bits per heavy atom. The Morgan fingerprint density at radius 2 is 1.48 bits per heavy atom. The van der Waals surface area contributed by atoms with Crippen LogP contribution in [0.5, 0.6) is 5.75 Å². The maximum Gasteiger partial charge on any atom is 0.416 e. The summed E-state index contributed by atoms with van der Waals surface area (Å²) in [6.07, 6.45) is 3.96. The van der Waals surface area contributed by atoms with Crippen LogP contribution in [-0.4, -0.2) is 33.1 Å². The Hall–Kier alpha value is -3.23. The Labute approximate surface area is 269 Å². The van der Waals surface area contributed by atoms with Gasteiger partial charge in [-0.2, -0.15) is 13.2 Å². The fourth-order valence-electron chi connectivity index (χ4n) is 8.39. The molecule has 3 aromatic rings. The Kier molecular flexibility index (Phi) is 8.60. The molecule has 0 amide bonds. The van der Waals surface area contributed by atoms with Crippen molar-refractivity contribution in [3.63, 3.8) is 0 Å². The molecule has 248 valence electrons. The van der Waals surface area contributed by atoms with E-state index < -0.39 is 17.9 Å². The van der Waals surface area contributed by atoms with E-state index in [0.717, 1.165) is 80.5 Å². The number of piperidine rings is 1. The molecule has 1 aromatic carbocycles. The molecule has 0 bridgehead atoms. The summed E-state index contributed by atoms with van der Waals surface area (Å²) < 4.78 is 57.7. The highest BCUT2D eigenvalue weighted by Gasteiger charge is 2.41. The second kappa shape index (κ2) is 12.1. The van der Waals surface area contributed by atoms with Crippen LogP contribution in [0.25, 0.3) is 0 Å².